The molecular formula is C17H23FN2O5S. The molecule has 1 atom stereocenters. The molecule has 1 heterocycles. The van der Waals surface area contributed by atoms with Gasteiger partial charge in [-0.1, -0.05) is 0 Å². The number of sulfonamides is 1. The van der Waals surface area contributed by atoms with E-state index in [0.29, 0.717) is 12.8 Å². The van der Waals surface area contributed by atoms with E-state index in [9.17, 15) is 22.4 Å². The zero-order chi connectivity index (χ0) is 19.5. The maximum Gasteiger partial charge on any atom is 0.309 e. The molecule has 0 aromatic heterocycles. The van der Waals surface area contributed by atoms with E-state index in [1.807, 2.05) is 0 Å². The van der Waals surface area contributed by atoms with Gasteiger partial charge in [0.25, 0.3) is 5.91 Å². The van der Waals surface area contributed by atoms with E-state index in [0.717, 1.165) is 12.1 Å². The van der Waals surface area contributed by atoms with Crippen LogP contribution >= 0.6 is 0 Å². The van der Waals surface area contributed by atoms with E-state index < -0.39 is 33.8 Å². The molecule has 1 amide bonds. The number of halogens is 1. The summed E-state index contributed by atoms with van der Waals surface area (Å²) < 4.78 is 44.6. The quantitative estimate of drug-likeness (QED) is 0.711. The van der Waals surface area contributed by atoms with Crippen molar-refractivity contribution < 1.29 is 27.1 Å². The summed E-state index contributed by atoms with van der Waals surface area (Å²) in [4.78, 5) is 25.3. The fourth-order valence-corrected chi connectivity index (χ4v) is 4.24. The van der Waals surface area contributed by atoms with Crippen LogP contribution in [0.1, 0.15) is 19.8 Å². The average Bonchev–Trinajstić information content (AvgIpc) is 2.61. The van der Waals surface area contributed by atoms with E-state index in [2.05, 4.69) is 0 Å². The Morgan fingerprint density at radius 1 is 1.19 bits per heavy atom. The highest BCUT2D eigenvalue weighted by atomic mass is 32.2. The summed E-state index contributed by atoms with van der Waals surface area (Å²) in [6.07, 6.45) is -0.261. The molecule has 0 spiro atoms. The standard InChI is InChI=1S/C17H23FN2O5S/c1-12(16(21)19(2)3)25-17(22)13-8-10-20(11-9-13)26(23,24)15-6-4-14(18)5-7-15/h4-7,12-13H,8-11H2,1-3H3/t12-/m1/s1. The van der Waals surface area contributed by atoms with Gasteiger partial charge in [0.15, 0.2) is 6.10 Å². The molecule has 1 aliphatic heterocycles. The maximum atomic E-state index is 13.0. The number of carbonyl (C=O) groups excluding carboxylic acids is 2. The van der Waals surface area contributed by atoms with Crippen LogP contribution in [-0.4, -0.2) is 62.8 Å². The minimum absolute atomic E-state index is 0.0186. The van der Waals surface area contributed by atoms with Gasteiger partial charge in [0.05, 0.1) is 10.8 Å². The summed E-state index contributed by atoms with van der Waals surface area (Å²) in [5.41, 5.74) is 0. The summed E-state index contributed by atoms with van der Waals surface area (Å²) >= 11 is 0. The molecule has 0 N–H and O–H groups in total. The molecule has 0 unspecified atom stereocenters. The average molecular weight is 386 g/mol. The summed E-state index contributed by atoms with van der Waals surface area (Å²) in [5.74, 6) is -1.76. The number of esters is 1. The molecule has 1 aromatic carbocycles. The molecule has 2 rings (SSSR count). The van der Waals surface area contributed by atoms with Crippen molar-refractivity contribution in [2.45, 2.75) is 30.8 Å². The van der Waals surface area contributed by atoms with Crippen LogP contribution in [0.5, 0.6) is 0 Å². The van der Waals surface area contributed by atoms with Crippen molar-refractivity contribution in [3.63, 3.8) is 0 Å². The maximum absolute atomic E-state index is 13.0. The smallest absolute Gasteiger partial charge is 0.309 e. The molecule has 1 aromatic rings. The molecule has 0 aliphatic carbocycles. The second-order valence-corrected chi connectivity index (χ2v) is 8.38. The second-order valence-electron chi connectivity index (χ2n) is 6.44. The van der Waals surface area contributed by atoms with Crippen molar-refractivity contribution in [1.29, 1.82) is 0 Å². The molecule has 1 saturated heterocycles. The van der Waals surface area contributed by atoms with Crippen LogP contribution in [0.25, 0.3) is 0 Å². The normalized spacial score (nSPS) is 17.5. The molecule has 26 heavy (non-hydrogen) atoms. The SMILES string of the molecule is C[C@@H](OC(=O)C1CCN(S(=O)(=O)c2ccc(F)cc2)CC1)C(=O)N(C)C. The van der Waals surface area contributed by atoms with Gasteiger partial charge < -0.3 is 9.64 Å². The van der Waals surface area contributed by atoms with Crippen molar-refractivity contribution in [2.75, 3.05) is 27.2 Å². The lowest BCUT2D eigenvalue weighted by molar-refractivity contribution is -0.162. The highest BCUT2D eigenvalue weighted by molar-refractivity contribution is 7.89. The Morgan fingerprint density at radius 2 is 1.73 bits per heavy atom. The lowest BCUT2D eigenvalue weighted by Gasteiger charge is -2.30. The summed E-state index contributed by atoms with van der Waals surface area (Å²) in [7, 11) is -0.572. The third kappa shape index (κ3) is 4.59. The zero-order valence-corrected chi connectivity index (χ0v) is 15.8. The third-order valence-electron chi connectivity index (χ3n) is 4.32. The van der Waals surface area contributed by atoms with E-state index in [4.69, 9.17) is 4.74 Å². The number of likely N-dealkylation sites (N-methyl/N-ethyl adjacent to an activating group) is 1. The fraction of sp³-hybridized carbons (Fsp3) is 0.529. The molecule has 1 aliphatic rings. The first-order valence-corrected chi connectivity index (χ1v) is 9.74. The van der Waals surface area contributed by atoms with Gasteiger partial charge in [0, 0.05) is 27.2 Å². The number of rotatable bonds is 5. The van der Waals surface area contributed by atoms with Crippen LogP contribution in [0, 0.1) is 11.7 Å². The predicted octanol–water partition coefficient (Wildman–Crippen LogP) is 1.25. The van der Waals surface area contributed by atoms with Crippen molar-refractivity contribution >= 4 is 21.9 Å². The molecule has 144 valence electrons. The van der Waals surface area contributed by atoms with Gasteiger partial charge in [-0.05, 0) is 44.0 Å². The van der Waals surface area contributed by atoms with Crippen LogP contribution in [-0.2, 0) is 24.3 Å². The first-order chi connectivity index (χ1) is 12.1. The number of ether oxygens (including phenoxy) is 1. The topological polar surface area (TPSA) is 84.0 Å². The number of hydrogen-bond donors (Lipinski definition) is 0. The Morgan fingerprint density at radius 3 is 2.23 bits per heavy atom. The van der Waals surface area contributed by atoms with Gasteiger partial charge in [-0.2, -0.15) is 4.31 Å². The zero-order valence-electron chi connectivity index (χ0n) is 15.0. The minimum Gasteiger partial charge on any atom is -0.452 e. The van der Waals surface area contributed by atoms with Gasteiger partial charge in [0.2, 0.25) is 10.0 Å². The molecule has 0 radical (unpaired) electrons. The minimum atomic E-state index is -3.72. The first kappa shape index (κ1) is 20.3. The van der Waals surface area contributed by atoms with Crippen LogP contribution in [0.2, 0.25) is 0 Å². The lowest BCUT2D eigenvalue weighted by atomic mass is 9.98. The first-order valence-electron chi connectivity index (χ1n) is 8.30. The van der Waals surface area contributed by atoms with Crippen molar-refractivity contribution in [1.82, 2.24) is 9.21 Å². The van der Waals surface area contributed by atoms with Gasteiger partial charge in [-0.3, -0.25) is 9.59 Å². The van der Waals surface area contributed by atoms with E-state index in [1.54, 1.807) is 14.1 Å². The Labute approximate surface area is 152 Å². The number of nitrogens with zero attached hydrogens (tertiary/aromatic N) is 2. The molecule has 9 heteroatoms. The number of piperidine rings is 1. The largest absolute Gasteiger partial charge is 0.452 e. The fourth-order valence-electron chi connectivity index (χ4n) is 2.77. The van der Waals surface area contributed by atoms with Crippen LogP contribution in [0.15, 0.2) is 29.2 Å². The highest BCUT2D eigenvalue weighted by Gasteiger charge is 2.34. The molecular weight excluding hydrogens is 363 g/mol. The number of carbonyl (C=O) groups is 2. The monoisotopic (exact) mass is 386 g/mol. The van der Waals surface area contributed by atoms with Crippen LogP contribution < -0.4 is 0 Å². The summed E-state index contributed by atoms with van der Waals surface area (Å²) in [6.45, 7) is 1.83. The van der Waals surface area contributed by atoms with E-state index in [-0.39, 0.29) is 23.9 Å². The summed E-state index contributed by atoms with van der Waals surface area (Å²) in [5, 5.41) is 0. The van der Waals surface area contributed by atoms with E-state index >= 15 is 0 Å². The third-order valence-corrected chi connectivity index (χ3v) is 6.23. The van der Waals surface area contributed by atoms with Crippen LogP contribution in [0.3, 0.4) is 0 Å². The summed E-state index contributed by atoms with van der Waals surface area (Å²) in [6, 6.07) is 4.64. The Hall–Kier alpha value is -2.00. The Balaban J connectivity index is 1.95. The van der Waals surface area contributed by atoms with Gasteiger partial charge in [0.1, 0.15) is 5.82 Å². The van der Waals surface area contributed by atoms with Crippen LogP contribution in [0.4, 0.5) is 4.39 Å². The number of hydrogen-bond acceptors (Lipinski definition) is 5. The molecule has 0 bridgehead atoms. The second kappa shape index (κ2) is 8.13. The van der Waals surface area contributed by atoms with Crippen molar-refractivity contribution in [3.8, 4) is 0 Å². The number of benzene rings is 1. The highest BCUT2D eigenvalue weighted by Crippen LogP contribution is 2.25. The lowest BCUT2D eigenvalue weighted by Crippen LogP contribution is -2.42. The van der Waals surface area contributed by atoms with Crippen molar-refractivity contribution in [2.24, 2.45) is 5.92 Å². The van der Waals surface area contributed by atoms with E-state index in [1.165, 1.54) is 28.3 Å². The predicted molar refractivity (Wildman–Crippen MR) is 92.1 cm³/mol. The van der Waals surface area contributed by atoms with Gasteiger partial charge >= 0.3 is 5.97 Å². The molecule has 7 nitrogen and oxygen atoms in total. The van der Waals surface area contributed by atoms with Crippen molar-refractivity contribution in [3.05, 3.63) is 30.1 Å². The molecule has 1 fully saturated rings. The Kier molecular flexibility index (Phi) is 6.35. The van der Waals surface area contributed by atoms with Gasteiger partial charge in [-0.15, -0.1) is 0 Å². The molecule has 0 saturated carbocycles. The number of amides is 1. The Bertz CT molecular complexity index is 756. The van der Waals surface area contributed by atoms with Gasteiger partial charge in [-0.25, -0.2) is 12.8 Å².